The molecule has 176 valence electrons. The molecule has 1 aliphatic heterocycles. The van der Waals surface area contributed by atoms with Gasteiger partial charge in [0.05, 0.1) is 12.6 Å². The van der Waals surface area contributed by atoms with Crippen molar-refractivity contribution in [1.29, 1.82) is 0 Å². The summed E-state index contributed by atoms with van der Waals surface area (Å²) < 4.78 is 7.62. The number of carbonyl (C=O) groups is 1. The number of rotatable bonds is 7. The van der Waals surface area contributed by atoms with Gasteiger partial charge in [-0.25, -0.2) is 0 Å². The fourth-order valence-corrected chi connectivity index (χ4v) is 4.75. The van der Waals surface area contributed by atoms with E-state index in [0.29, 0.717) is 19.7 Å². The fourth-order valence-electron chi connectivity index (χ4n) is 4.22. The van der Waals surface area contributed by atoms with Gasteiger partial charge in [0, 0.05) is 41.2 Å². The Labute approximate surface area is 218 Å². The molecule has 0 aromatic heterocycles. The summed E-state index contributed by atoms with van der Waals surface area (Å²) in [5.74, 6) is 0.894. The number of nitrogens with zero attached hydrogens (tertiary/aromatic N) is 2. The van der Waals surface area contributed by atoms with E-state index in [1.54, 1.807) is 6.08 Å². The number of halogens is 2. The van der Waals surface area contributed by atoms with Gasteiger partial charge in [0.15, 0.2) is 0 Å². The molecule has 0 radical (unpaired) electrons. The van der Waals surface area contributed by atoms with Crippen LogP contribution in [0.25, 0.3) is 6.08 Å². The third-order valence-electron chi connectivity index (χ3n) is 5.97. The summed E-state index contributed by atoms with van der Waals surface area (Å²) in [6.45, 7) is 5.65. The molecule has 4 nitrogen and oxygen atoms in total. The van der Waals surface area contributed by atoms with Crippen LogP contribution in [0.2, 0.25) is 0 Å². The highest BCUT2D eigenvalue weighted by atomic mass is 79.9. The maximum absolute atomic E-state index is 12.8. The molecule has 1 saturated heterocycles. The number of hydrogen-bond donors (Lipinski definition) is 0. The summed E-state index contributed by atoms with van der Waals surface area (Å²) >= 11 is 7.09. The second kappa shape index (κ2) is 11.8. The smallest absolute Gasteiger partial charge is 0.246 e. The predicted molar refractivity (Wildman–Crippen MR) is 145 cm³/mol. The molecular weight excluding hydrogens is 556 g/mol. The van der Waals surface area contributed by atoms with E-state index in [1.165, 1.54) is 11.1 Å². The molecule has 0 N–H and O–H groups in total. The number of benzene rings is 3. The van der Waals surface area contributed by atoms with Gasteiger partial charge in [-0.15, -0.1) is 0 Å². The average Bonchev–Trinajstić information content (AvgIpc) is 2.86. The maximum atomic E-state index is 12.8. The largest absolute Gasteiger partial charge is 0.494 e. The zero-order valence-corrected chi connectivity index (χ0v) is 22.3. The van der Waals surface area contributed by atoms with Crippen LogP contribution in [0.4, 0.5) is 0 Å². The molecule has 1 aliphatic rings. The normalized spacial score (nSPS) is 14.6. The van der Waals surface area contributed by atoms with Crippen LogP contribution in [0.3, 0.4) is 0 Å². The minimum atomic E-state index is 0.0531. The molecule has 1 amide bonds. The van der Waals surface area contributed by atoms with Gasteiger partial charge in [0.25, 0.3) is 0 Å². The van der Waals surface area contributed by atoms with Crippen molar-refractivity contribution >= 4 is 43.8 Å². The van der Waals surface area contributed by atoms with Crippen molar-refractivity contribution in [3.8, 4) is 5.75 Å². The lowest BCUT2D eigenvalue weighted by Gasteiger charge is -2.39. The number of carbonyl (C=O) groups excluding carboxylic acids is 1. The van der Waals surface area contributed by atoms with Crippen LogP contribution in [0.15, 0.2) is 87.8 Å². The van der Waals surface area contributed by atoms with Crippen molar-refractivity contribution in [3.05, 3.63) is 105 Å². The van der Waals surface area contributed by atoms with E-state index in [9.17, 15) is 4.79 Å². The Hall–Kier alpha value is -2.41. The van der Waals surface area contributed by atoms with Crippen molar-refractivity contribution in [1.82, 2.24) is 9.80 Å². The molecule has 6 heteroatoms. The standard InChI is InChI=1S/C28H28Br2N2O2/c1-2-34-26-14-3-21(4-15-26)5-16-27(33)31-17-19-32(20-18-31)28(22-6-10-24(29)11-7-22)23-8-12-25(30)13-9-23/h3-16,28H,2,17-20H2,1H3/b16-5+. The third kappa shape index (κ3) is 6.38. The molecule has 3 aromatic carbocycles. The van der Waals surface area contributed by atoms with Gasteiger partial charge in [-0.1, -0.05) is 68.3 Å². The van der Waals surface area contributed by atoms with Gasteiger partial charge in [-0.05, 0) is 66.1 Å². The Balaban J connectivity index is 1.42. The van der Waals surface area contributed by atoms with E-state index in [-0.39, 0.29) is 11.9 Å². The van der Waals surface area contributed by atoms with Gasteiger partial charge in [-0.2, -0.15) is 0 Å². The van der Waals surface area contributed by atoms with Crippen LogP contribution in [-0.2, 0) is 4.79 Å². The van der Waals surface area contributed by atoms with Gasteiger partial charge in [0.2, 0.25) is 5.91 Å². The first-order valence-electron chi connectivity index (χ1n) is 11.5. The van der Waals surface area contributed by atoms with Crippen LogP contribution in [0, 0.1) is 0 Å². The quantitative estimate of drug-likeness (QED) is 0.295. The molecular formula is C28H28Br2N2O2. The fraction of sp³-hybridized carbons (Fsp3) is 0.250. The molecule has 3 aromatic rings. The van der Waals surface area contributed by atoms with Crippen molar-refractivity contribution in [2.24, 2.45) is 0 Å². The predicted octanol–water partition coefficient (Wildman–Crippen LogP) is 6.56. The monoisotopic (exact) mass is 582 g/mol. The van der Waals surface area contributed by atoms with Crippen molar-refractivity contribution in [2.75, 3.05) is 32.8 Å². The highest BCUT2D eigenvalue weighted by molar-refractivity contribution is 9.10. The van der Waals surface area contributed by atoms with Gasteiger partial charge >= 0.3 is 0 Å². The molecule has 0 saturated carbocycles. The lowest BCUT2D eigenvalue weighted by Crippen LogP contribution is -2.49. The molecule has 34 heavy (non-hydrogen) atoms. The SMILES string of the molecule is CCOc1ccc(/C=C/C(=O)N2CCN(C(c3ccc(Br)cc3)c3ccc(Br)cc3)CC2)cc1. The van der Waals surface area contributed by atoms with Gasteiger partial charge in [-0.3, -0.25) is 9.69 Å². The first kappa shape index (κ1) is 24.7. The van der Waals surface area contributed by atoms with Crippen molar-refractivity contribution < 1.29 is 9.53 Å². The zero-order valence-electron chi connectivity index (χ0n) is 19.2. The molecule has 0 atom stereocenters. The number of piperazine rings is 1. The molecule has 4 rings (SSSR count). The molecule has 0 spiro atoms. The Bertz CT molecular complexity index is 1060. The second-order valence-electron chi connectivity index (χ2n) is 8.20. The Kier molecular flexibility index (Phi) is 8.59. The van der Waals surface area contributed by atoms with E-state index in [0.717, 1.165) is 33.3 Å². The summed E-state index contributed by atoms with van der Waals surface area (Å²) in [6.07, 6.45) is 3.54. The minimum Gasteiger partial charge on any atom is -0.494 e. The summed E-state index contributed by atoms with van der Waals surface area (Å²) in [7, 11) is 0. The molecule has 0 unspecified atom stereocenters. The van der Waals surface area contributed by atoms with Crippen molar-refractivity contribution in [2.45, 2.75) is 13.0 Å². The highest BCUT2D eigenvalue weighted by Crippen LogP contribution is 2.31. The molecule has 1 fully saturated rings. The van der Waals surface area contributed by atoms with E-state index >= 15 is 0 Å². The summed E-state index contributed by atoms with van der Waals surface area (Å²) in [5.41, 5.74) is 3.49. The summed E-state index contributed by atoms with van der Waals surface area (Å²) in [4.78, 5) is 17.2. The van der Waals surface area contributed by atoms with Crippen LogP contribution < -0.4 is 4.74 Å². The maximum Gasteiger partial charge on any atom is 0.246 e. The highest BCUT2D eigenvalue weighted by Gasteiger charge is 2.27. The van der Waals surface area contributed by atoms with Gasteiger partial charge < -0.3 is 9.64 Å². The van der Waals surface area contributed by atoms with Gasteiger partial charge in [0.1, 0.15) is 5.75 Å². The zero-order chi connectivity index (χ0) is 23.9. The lowest BCUT2D eigenvalue weighted by molar-refractivity contribution is -0.127. The van der Waals surface area contributed by atoms with E-state index in [1.807, 2.05) is 42.2 Å². The van der Waals surface area contributed by atoms with Crippen LogP contribution in [0.1, 0.15) is 29.7 Å². The molecule has 0 bridgehead atoms. The summed E-state index contributed by atoms with van der Waals surface area (Å²) in [6, 6.07) is 25.0. The van der Waals surface area contributed by atoms with E-state index in [2.05, 4.69) is 85.3 Å². The average molecular weight is 584 g/mol. The number of amides is 1. The second-order valence-corrected chi connectivity index (χ2v) is 10.0. The lowest BCUT2D eigenvalue weighted by atomic mass is 9.96. The summed E-state index contributed by atoms with van der Waals surface area (Å²) in [5, 5.41) is 0. The Morgan fingerprint density at radius 1 is 0.853 bits per heavy atom. The number of ether oxygens (including phenoxy) is 1. The molecule has 1 heterocycles. The Morgan fingerprint density at radius 2 is 1.38 bits per heavy atom. The minimum absolute atomic E-state index is 0.0531. The first-order valence-corrected chi connectivity index (χ1v) is 13.1. The van der Waals surface area contributed by atoms with E-state index < -0.39 is 0 Å². The van der Waals surface area contributed by atoms with Crippen molar-refractivity contribution in [3.63, 3.8) is 0 Å². The third-order valence-corrected chi connectivity index (χ3v) is 7.03. The number of hydrogen-bond acceptors (Lipinski definition) is 3. The first-order chi connectivity index (χ1) is 16.5. The van der Waals surface area contributed by atoms with E-state index in [4.69, 9.17) is 4.74 Å². The Morgan fingerprint density at radius 3 is 1.88 bits per heavy atom. The van der Waals surface area contributed by atoms with Crippen LogP contribution in [-0.4, -0.2) is 48.5 Å². The van der Waals surface area contributed by atoms with Crippen LogP contribution in [0.5, 0.6) is 5.75 Å². The van der Waals surface area contributed by atoms with Crippen LogP contribution >= 0.6 is 31.9 Å². The molecule has 0 aliphatic carbocycles. The topological polar surface area (TPSA) is 32.8 Å².